The Labute approximate surface area is 79.1 Å². The SMILES string of the molecule is CCCOCC(=O)CSCCC. The van der Waals surface area contributed by atoms with Gasteiger partial charge >= 0.3 is 0 Å². The molecule has 0 spiro atoms. The average molecular weight is 190 g/mol. The van der Waals surface area contributed by atoms with E-state index in [1.54, 1.807) is 11.8 Å². The normalized spacial score (nSPS) is 10.2. The van der Waals surface area contributed by atoms with Crippen molar-refractivity contribution in [2.24, 2.45) is 0 Å². The monoisotopic (exact) mass is 190 g/mol. The minimum Gasteiger partial charge on any atom is -0.374 e. The molecule has 0 heterocycles. The summed E-state index contributed by atoms with van der Waals surface area (Å²) in [6.07, 6.45) is 2.11. The highest BCUT2D eigenvalue weighted by Crippen LogP contribution is 2.01. The van der Waals surface area contributed by atoms with Gasteiger partial charge in [-0.15, -0.1) is 0 Å². The van der Waals surface area contributed by atoms with Gasteiger partial charge in [-0.05, 0) is 18.6 Å². The van der Waals surface area contributed by atoms with Crippen molar-refractivity contribution in [1.29, 1.82) is 0 Å². The maximum atomic E-state index is 11.0. The van der Waals surface area contributed by atoms with Crippen LogP contribution in [0.25, 0.3) is 0 Å². The van der Waals surface area contributed by atoms with Crippen LogP contribution in [0.4, 0.5) is 0 Å². The smallest absolute Gasteiger partial charge is 0.168 e. The van der Waals surface area contributed by atoms with Crippen LogP contribution in [0.15, 0.2) is 0 Å². The second kappa shape index (κ2) is 9.07. The average Bonchev–Trinajstić information content (AvgIpc) is 2.06. The molecule has 2 nitrogen and oxygen atoms in total. The zero-order chi connectivity index (χ0) is 9.23. The summed E-state index contributed by atoms with van der Waals surface area (Å²) in [5, 5.41) is 0. The lowest BCUT2D eigenvalue weighted by atomic mass is 10.5. The van der Waals surface area contributed by atoms with Crippen molar-refractivity contribution < 1.29 is 9.53 Å². The first-order chi connectivity index (χ1) is 5.81. The molecule has 0 fully saturated rings. The first-order valence-corrected chi connectivity index (χ1v) is 5.63. The highest BCUT2D eigenvalue weighted by atomic mass is 32.2. The van der Waals surface area contributed by atoms with E-state index in [9.17, 15) is 4.79 Å². The van der Waals surface area contributed by atoms with Gasteiger partial charge in [0.2, 0.25) is 0 Å². The molecule has 0 N–H and O–H groups in total. The summed E-state index contributed by atoms with van der Waals surface area (Å²) in [5.41, 5.74) is 0. The number of carbonyl (C=O) groups is 1. The van der Waals surface area contributed by atoms with Gasteiger partial charge in [0.1, 0.15) is 6.61 Å². The predicted molar refractivity (Wildman–Crippen MR) is 53.7 cm³/mol. The molecule has 0 atom stereocenters. The summed E-state index contributed by atoms with van der Waals surface area (Å²) in [7, 11) is 0. The van der Waals surface area contributed by atoms with Gasteiger partial charge in [-0.1, -0.05) is 13.8 Å². The second-order valence-corrected chi connectivity index (χ2v) is 3.75. The lowest BCUT2D eigenvalue weighted by Crippen LogP contribution is -2.11. The molecule has 0 saturated carbocycles. The van der Waals surface area contributed by atoms with Crippen molar-refractivity contribution in [3.63, 3.8) is 0 Å². The molecule has 3 heteroatoms. The molecule has 0 saturated heterocycles. The summed E-state index contributed by atoms with van der Waals surface area (Å²) >= 11 is 1.69. The van der Waals surface area contributed by atoms with Gasteiger partial charge in [0.05, 0.1) is 5.75 Å². The Morgan fingerprint density at radius 2 is 2.08 bits per heavy atom. The number of carbonyl (C=O) groups excluding carboxylic acids is 1. The summed E-state index contributed by atoms with van der Waals surface area (Å²) in [5.74, 6) is 1.89. The molecule has 0 radical (unpaired) electrons. The maximum absolute atomic E-state index is 11.0. The van der Waals surface area contributed by atoms with Crippen molar-refractivity contribution >= 4 is 17.5 Å². The molecule has 0 bridgehead atoms. The van der Waals surface area contributed by atoms with Crippen molar-refractivity contribution in [3.8, 4) is 0 Å². The summed E-state index contributed by atoms with van der Waals surface area (Å²) in [6, 6.07) is 0. The molecule has 0 aromatic carbocycles. The quantitative estimate of drug-likeness (QED) is 0.548. The molecular formula is C9H18O2S. The highest BCUT2D eigenvalue weighted by molar-refractivity contribution is 7.99. The van der Waals surface area contributed by atoms with E-state index in [1.165, 1.54) is 0 Å². The van der Waals surface area contributed by atoms with Crippen molar-refractivity contribution in [2.45, 2.75) is 26.7 Å². The van der Waals surface area contributed by atoms with E-state index in [4.69, 9.17) is 4.74 Å². The van der Waals surface area contributed by atoms with Crippen molar-refractivity contribution in [3.05, 3.63) is 0 Å². The fraction of sp³-hybridized carbons (Fsp3) is 0.889. The molecule has 0 aliphatic carbocycles. The zero-order valence-electron chi connectivity index (χ0n) is 7.97. The Bertz CT molecular complexity index is 103. The minimum absolute atomic E-state index is 0.210. The van der Waals surface area contributed by atoms with E-state index in [0.29, 0.717) is 19.0 Å². The molecule has 0 aromatic heterocycles. The van der Waals surface area contributed by atoms with Crippen LogP contribution in [0, 0.1) is 0 Å². The number of Topliss-reactive ketones (excluding diaryl/α,β-unsaturated/α-hetero) is 1. The fourth-order valence-electron chi connectivity index (χ4n) is 0.702. The van der Waals surface area contributed by atoms with Crippen LogP contribution in [-0.2, 0) is 9.53 Å². The number of hydrogen-bond acceptors (Lipinski definition) is 3. The molecular weight excluding hydrogens is 172 g/mol. The first kappa shape index (κ1) is 12.0. The van der Waals surface area contributed by atoms with E-state index in [-0.39, 0.29) is 5.78 Å². The van der Waals surface area contributed by atoms with Crippen molar-refractivity contribution in [2.75, 3.05) is 24.7 Å². The van der Waals surface area contributed by atoms with Gasteiger partial charge in [0.25, 0.3) is 0 Å². The van der Waals surface area contributed by atoms with Gasteiger partial charge < -0.3 is 4.74 Å². The molecule has 0 unspecified atom stereocenters. The van der Waals surface area contributed by atoms with E-state index in [2.05, 4.69) is 6.92 Å². The molecule has 12 heavy (non-hydrogen) atoms. The van der Waals surface area contributed by atoms with E-state index < -0.39 is 0 Å². The lowest BCUT2D eigenvalue weighted by Gasteiger charge is -2.00. The number of ketones is 1. The van der Waals surface area contributed by atoms with Crippen molar-refractivity contribution in [1.82, 2.24) is 0 Å². The summed E-state index contributed by atoms with van der Waals surface area (Å²) in [6.45, 7) is 5.15. The molecule has 0 amide bonds. The van der Waals surface area contributed by atoms with Crippen LogP contribution >= 0.6 is 11.8 Å². The Morgan fingerprint density at radius 1 is 1.33 bits per heavy atom. The van der Waals surface area contributed by atoms with E-state index in [1.807, 2.05) is 6.92 Å². The van der Waals surface area contributed by atoms with Gasteiger partial charge in [-0.3, -0.25) is 4.79 Å². The number of rotatable bonds is 8. The van der Waals surface area contributed by atoms with Crippen LogP contribution in [-0.4, -0.2) is 30.5 Å². The standard InChI is InChI=1S/C9H18O2S/c1-3-5-11-7-9(10)8-12-6-4-2/h3-8H2,1-2H3. The van der Waals surface area contributed by atoms with Crippen LogP contribution in [0.1, 0.15) is 26.7 Å². The molecule has 0 aromatic rings. The Morgan fingerprint density at radius 3 is 2.67 bits per heavy atom. The van der Waals surface area contributed by atoms with Crippen LogP contribution < -0.4 is 0 Å². The molecule has 0 aliphatic heterocycles. The van der Waals surface area contributed by atoms with Gasteiger partial charge in [0.15, 0.2) is 5.78 Å². The topological polar surface area (TPSA) is 26.3 Å². The van der Waals surface area contributed by atoms with Gasteiger partial charge in [-0.25, -0.2) is 0 Å². The number of hydrogen-bond donors (Lipinski definition) is 0. The summed E-state index contributed by atoms with van der Waals surface area (Å²) in [4.78, 5) is 11.0. The van der Waals surface area contributed by atoms with Crippen LogP contribution in [0.3, 0.4) is 0 Å². The Balaban J connectivity index is 3.10. The first-order valence-electron chi connectivity index (χ1n) is 4.48. The van der Waals surface area contributed by atoms with E-state index >= 15 is 0 Å². The van der Waals surface area contributed by atoms with Crippen LogP contribution in [0.5, 0.6) is 0 Å². The Hall–Kier alpha value is -0.0200. The predicted octanol–water partition coefficient (Wildman–Crippen LogP) is 2.13. The number of thioether (sulfide) groups is 1. The number of ether oxygens (including phenoxy) is 1. The van der Waals surface area contributed by atoms with Crippen LogP contribution in [0.2, 0.25) is 0 Å². The van der Waals surface area contributed by atoms with E-state index in [0.717, 1.165) is 18.6 Å². The molecule has 72 valence electrons. The third kappa shape index (κ3) is 8.08. The Kier molecular flexibility index (Phi) is 9.06. The molecule has 0 rings (SSSR count). The summed E-state index contributed by atoms with van der Waals surface area (Å²) < 4.78 is 5.11. The second-order valence-electron chi connectivity index (χ2n) is 2.64. The highest BCUT2D eigenvalue weighted by Gasteiger charge is 2.00. The third-order valence-electron chi connectivity index (χ3n) is 1.22. The molecule has 0 aliphatic rings. The largest absolute Gasteiger partial charge is 0.374 e. The third-order valence-corrected chi connectivity index (χ3v) is 2.45. The maximum Gasteiger partial charge on any atom is 0.168 e. The van der Waals surface area contributed by atoms with Gasteiger partial charge in [-0.2, -0.15) is 11.8 Å². The zero-order valence-corrected chi connectivity index (χ0v) is 8.78. The lowest BCUT2D eigenvalue weighted by molar-refractivity contribution is -0.121. The fourth-order valence-corrected chi connectivity index (χ4v) is 1.45. The van der Waals surface area contributed by atoms with Gasteiger partial charge in [0, 0.05) is 6.61 Å². The minimum atomic E-state index is 0.210.